The number of rotatable bonds is 0. The van der Waals surface area contributed by atoms with Gasteiger partial charge in [-0.3, -0.25) is 0 Å². The third-order valence-electron chi connectivity index (χ3n) is 0. The Balaban J connectivity index is -0.000000000500. The van der Waals surface area contributed by atoms with E-state index < -0.39 is 0 Å². The van der Waals surface area contributed by atoms with E-state index >= 15 is 0 Å². The van der Waals surface area contributed by atoms with Crippen LogP contribution >= 0.6 is 12.4 Å². The van der Waals surface area contributed by atoms with E-state index in [-0.39, 0.29) is 58.5 Å². The maximum absolute atomic E-state index is 8.00. The molecule has 0 atom stereocenters. The molecule has 0 aromatic heterocycles. The van der Waals surface area contributed by atoms with E-state index in [1.807, 2.05) is 15.9 Å². The molecule has 2 nitrogen and oxygen atoms in total. The molecule has 0 unspecified atom stereocenters. The van der Waals surface area contributed by atoms with Crippen LogP contribution in [0.4, 0.5) is 0 Å². The first-order chi connectivity index (χ1) is 1.00. The summed E-state index contributed by atoms with van der Waals surface area (Å²) in [5, 5.41) is 0. The van der Waals surface area contributed by atoms with Crippen molar-refractivity contribution >= 4 is 50.1 Å². The molecular weight excluding hydrogens is 163 g/mol. The summed E-state index contributed by atoms with van der Waals surface area (Å²) >= 11 is 2.00. The van der Waals surface area contributed by atoms with Gasteiger partial charge in [0.25, 0.3) is 0 Å². The van der Waals surface area contributed by atoms with Gasteiger partial charge in [0.1, 0.15) is 0 Å². The molecule has 0 amide bonds. The Morgan fingerprint density at radius 2 is 1.40 bits per heavy atom. The molecule has 0 radical (unpaired) electrons. The van der Waals surface area contributed by atoms with Gasteiger partial charge in [0.2, 0.25) is 0 Å². The second-order valence-corrected chi connectivity index (χ2v) is 0. The number of hydrogen-bond donors (Lipinski definition) is 0. The minimum absolute atomic E-state index is 0. The summed E-state index contributed by atoms with van der Waals surface area (Å²) in [6, 6.07) is 0. The van der Waals surface area contributed by atoms with E-state index in [0.717, 1.165) is 0 Å². The van der Waals surface area contributed by atoms with Crippen molar-refractivity contribution in [3.05, 3.63) is 0 Å². The van der Waals surface area contributed by atoms with Gasteiger partial charge in [-0.05, 0) is 0 Å². The maximum atomic E-state index is 8.00. The molecule has 0 aliphatic rings. The Morgan fingerprint density at radius 3 is 1.40 bits per heavy atom. The molecule has 0 aliphatic heterocycles. The van der Waals surface area contributed by atoms with E-state index in [4.69, 9.17) is 3.83 Å². The number of halogens is 1. The topological polar surface area (TPSA) is 48.6 Å². The zero-order valence-corrected chi connectivity index (χ0v) is 6.51. The first-order valence-electron chi connectivity index (χ1n) is 0.144. The molecule has 0 fully saturated rings. The summed E-state index contributed by atoms with van der Waals surface area (Å²) in [6.45, 7) is 0. The van der Waals surface area contributed by atoms with Crippen LogP contribution in [0.5, 0.6) is 0 Å². The van der Waals surface area contributed by atoms with Crippen LogP contribution in [0.2, 0.25) is 0 Å². The summed E-state index contributed by atoms with van der Waals surface area (Å²) in [4.78, 5) is 0. The predicted molar refractivity (Wildman–Crippen MR) is 19.5 cm³/mol. The monoisotopic (exact) mass is 168 g/mol. The van der Waals surface area contributed by atoms with Gasteiger partial charge in [-0.15, -0.1) is 12.4 Å². The second-order valence-electron chi connectivity index (χ2n) is 0. The zero-order valence-electron chi connectivity index (χ0n) is 4.38. The van der Waals surface area contributed by atoms with E-state index in [9.17, 15) is 0 Å². The Labute approximate surface area is 77.4 Å². The fourth-order valence-electron chi connectivity index (χ4n) is 0. The second kappa shape index (κ2) is 40.6. The van der Waals surface area contributed by atoms with Gasteiger partial charge in [-0.2, -0.15) is 0 Å². The Bertz CT molecular complexity index is 15.7. The summed E-state index contributed by atoms with van der Waals surface area (Å²) in [6.07, 6.45) is 0. The Kier molecular flexibility index (Phi) is 236. The summed E-state index contributed by atoms with van der Waals surface area (Å²) < 4.78 is 8.00. The molecule has 0 aliphatic carbocycles. The molecule has 0 saturated heterocycles. The van der Waals surface area contributed by atoms with Crippen molar-refractivity contribution in [2.24, 2.45) is 0 Å². The third-order valence-corrected chi connectivity index (χ3v) is 0. The van der Waals surface area contributed by atoms with E-state index in [0.29, 0.717) is 0 Å². The number of hydrogen-bond acceptors (Lipinski definition) is 1. The van der Waals surface area contributed by atoms with Crippen molar-refractivity contribution < 1.29 is 28.1 Å². The fraction of sp³-hybridized carbons (Fsp3) is 0. The van der Waals surface area contributed by atoms with Crippen LogP contribution in [-0.4, -0.2) is 43.2 Å². The molecule has 34 valence electrons. The standard InChI is InChI=1S/Ca.ClH.Fe.H2O.O.2H/h;1H;;1H2;;;/q+2;;;;;2*-1. The Morgan fingerprint density at radius 1 is 1.40 bits per heavy atom. The third kappa shape index (κ3) is 25.5. The van der Waals surface area contributed by atoms with Crippen molar-refractivity contribution in [2.45, 2.75) is 0 Å². The molecule has 0 saturated carbocycles. The quantitative estimate of drug-likeness (QED) is 0.442. The molecular formula is H5CaClFeO2. The van der Waals surface area contributed by atoms with Crippen molar-refractivity contribution in [2.75, 3.05) is 0 Å². The minimum atomic E-state index is 0. The van der Waals surface area contributed by atoms with Gasteiger partial charge in [-0.1, -0.05) is 0 Å². The van der Waals surface area contributed by atoms with Crippen LogP contribution in [0.3, 0.4) is 0 Å². The van der Waals surface area contributed by atoms with E-state index in [1.54, 1.807) is 0 Å². The van der Waals surface area contributed by atoms with E-state index in [1.165, 1.54) is 0 Å². The van der Waals surface area contributed by atoms with E-state index in [2.05, 4.69) is 0 Å². The molecule has 0 rings (SSSR count). The van der Waals surface area contributed by atoms with Crippen molar-refractivity contribution in [1.82, 2.24) is 0 Å². The van der Waals surface area contributed by atoms with Crippen molar-refractivity contribution in [3.8, 4) is 0 Å². The van der Waals surface area contributed by atoms with Gasteiger partial charge in [-0.25, -0.2) is 0 Å². The van der Waals surface area contributed by atoms with Crippen LogP contribution in [0.15, 0.2) is 0 Å². The summed E-state index contributed by atoms with van der Waals surface area (Å²) in [7, 11) is 0. The molecule has 5 heteroatoms. The van der Waals surface area contributed by atoms with Gasteiger partial charge in [0.15, 0.2) is 0 Å². The van der Waals surface area contributed by atoms with Gasteiger partial charge in [0.05, 0.1) is 0 Å². The molecule has 2 N–H and O–H groups in total. The van der Waals surface area contributed by atoms with Crippen LogP contribution in [0, 0.1) is 0 Å². The molecule has 0 spiro atoms. The fourth-order valence-corrected chi connectivity index (χ4v) is 0. The predicted octanol–water partition coefficient (Wildman–Crippen LogP) is -0.680. The normalized spacial score (nSPS) is 1.00. The average molecular weight is 168 g/mol. The average Bonchev–Trinajstić information content (AvgIpc) is 1.00. The van der Waals surface area contributed by atoms with Gasteiger partial charge in [0, 0.05) is 0 Å². The van der Waals surface area contributed by atoms with Gasteiger partial charge >= 0.3 is 57.5 Å². The van der Waals surface area contributed by atoms with Gasteiger partial charge < -0.3 is 8.33 Å². The SMILES string of the molecule is Cl.O.[Ca+2].[H-].[H-].[O]=[Fe]. The van der Waals surface area contributed by atoms with Crippen molar-refractivity contribution in [1.29, 1.82) is 0 Å². The van der Waals surface area contributed by atoms with Crippen LogP contribution in [0.25, 0.3) is 0 Å². The molecule has 0 bridgehead atoms. The van der Waals surface area contributed by atoms with Crippen LogP contribution < -0.4 is 0 Å². The zero-order chi connectivity index (χ0) is 2.00. The molecule has 5 heavy (non-hydrogen) atoms. The first-order valence-corrected chi connectivity index (χ1v) is 0.595. The molecule has 0 heterocycles. The Hall–Kier alpha value is 1.83. The van der Waals surface area contributed by atoms with Crippen LogP contribution in [-0.2, 0) is 19.8 Å². The summed E-state index contributed by atoms with van der Waals surface area (Å²) in [5.41, 5.74) is 0. The summed E-state index contributed by atoms with van der Waals surface area (Å²) in [5.74, 6) is 0. The first kappa shape index (κ1) is 29.0. The van der Waals surface area contributed by atoms with Crippen LogP contribution in [0.1, 0.15) is 2.85 Å². The molecule has 0 aromatic carbocycles. The van der Waals surface area contributed by atoms with Crippen molar-refractivity contribution in [3.63, 3.8) is 0 Å². The molecule has 0 aromatic rings.